The summed E-state index contributed by atoms with van der Waals surface area (Å²) in [6.07, 6.45) is -1.54. The number of nitrogens with zero attached hydrogens (tertiary/aromatic N) is 5. The lowest BCUT2D eigenvalue weighted by Gasteiger charge is -2.42. The van der Waals surface area contributed by atoms with Crippen LogP contribution in [0.5, 0.6) is 0 Å². The second-order valence-electron chi connectivity index (χ2n) is 12.3. The number of aromatic nitrogens is 2. The average Bonchev–Trinajstić information content (AvgIpc) is 3.62. The third kappa shape index (κ3) is 4.99. The number of benzene rings is 4. The fraction of sp³-hybridized carbons (Fsp3) is 0.250. The highest BCUT2D eigenvalue weighted by atomic mass is 19.4. The molecule has 13 heteroatoms. The van der Waals surface area contributed by atoms with Gasteiger partial charge in [0, 0.05) is 50.8 Å². The van der Waals surface area contributed by atoms with Crippen molar-refractivity contribution < 1.29 is 32.3 Å². The van der Waals surface area contributed by atoms with Crippen LogP contribution in [0.25, 0.3) is 27.2 Å². The second kappa shape index (κ2) is 11.6. The van der Waals surface area contributed by atoms with E-state index in [1.165, 1.54) is 23.1 Å². The Kier molecular flexibility index (Phi) is 7.64. The number of carbonyl (C=O) groups is 4. The molecule has 7 rings (SSSR count). The maximum Gasteiger partial charge on any atom is 0.416 e. The summed E-state index contributed by atoms with van der Waals surface area (Å²) in [7, 11) is 1.71. The summed E-state index contributed by atoms with van der Waals surface area (Å²) in [4.78, 5) is 63.4. The number of imide groups is 2. The van der Waals surface area contributed by atoms with Crippen molar-refractivity contribution in [1.82, 2.24) is 29.6 Å². The highest BCUT2D eigenvalue weighted by Gasteiger charge is 2.42. The smallest absolute Gasteiger partial charge is 0.306 e. The predicted octanol–water partition coefficient (Wildman–Crippen LogP) is 6.04. The summed E-state index contributed by atoms with van der Waals surface area (Å²) < 4.78 is 43.1. The van der Waals surface area contributed by atoms with E-state index < -0.39 is 53.9 Å². The Hall–Kier alpha value is -5.40. The van der Waals surface area contributed by atoms with Crippen LogP contribution in [-0.2, 0) is 6.18 Å². The van der Waals surface area contributed by atoms with Gasteiger partial charge in [-0.25, -0.2) is 4.98 Å². The topological polar surface area (TPSA) is 108 Å². The third-order valence-corrected chi connectivity index (χ3v) is 9.56. The predicted molar refractivity (Wildman–Crippen MR) is 175 cm³/mol. The summed E-state index contributed by atoms with van der Waals surface area (Å²) in [5.41, 5.74) is 0.451. The van der Waals surface area contributed by atoms with Gasteiger partial charge in [-0.05, 0) is 69.1 Å². The number of nitrogens with one attached hydrogen (secondary N) is 1. The molecule has 1 aromatic heterocycles. The zero-order chi connectivity index (χ0) is 34.9. The van der Waals surface area contributed by atoms with E-state index in [0.29, 0.717) is 22.9 Å². The molecule has 3 atom stereocenters. The van der Waals surface area contributed by atoms with Gasteiger partial charge >= 0.3 is 6.18 Å². The minimum absolute atomic E-state index is 0.123. The van der Waals surface area contributed by atoms with Gasteiger partial charge in [0.2, 0.25) is 0 Å². The number of hydrogen-bond acceptors (Lipinski definition) is 7. The Morgan fingerprint density at radius 2 is 1.45 bits per heavy atom. The van der Waals surface area contributed by atoms with Crippen molar-refractivity contribution in [1.29, 1.82) is 0 Å². The summed E-state index contributed by atoms with van der Waals surface area (Å²) in [6, 6.07) is 15.0. The monoisotopic (exact) mass is 668 g/mol. The van der Waals surface area contributed by atoms with Crippen LogP contribution >= 0.6 is 0 Å². The van der Waals surface area contributed by atoms with Crippen molar-refractivity contribution in [2.45, 2.75) is 51.9 Å². The van der Waals surface area contributed by atoms with Gasteiger partial charge in [-0.3, -0.25) is 39.2 Å². The normalized spacial score (nSPS) is 16.7. The standard InChI is InChI=1S/C36H31F3N6O4/c1-5-29(41-19(2)44-32(46)24-10-6-8-21-16-22(36(37,38)39)17-27(30(21)24)35(44)49)42(4)20(3)45-33(47)25-11-7-9-23-28(43-15-14-40-18-43)13-12-26(31(23)25)34(45)48/h6-20,29,41H,5H2,1-4H3. The molecule has 3 unspecified atom stereocenters. The Morgan fingerprint density at radius 3 is 2.10 bits per heavy atom. The Bertz CT molecular complexity index is 2180. The number of alkyl halides is 3. The van der Waals surface area contributed by atoms with Crippen molar-refractivity contribution in [3.05, 3.63) is 107 Å². The lowest BCUT2D eigenvalue weighted by Crippen LogP contribution is -2.61. The molecule has 0 fully saturated rings. The lowest BCUT2D eigenvalue weighted by atomic mass is 9.91. The molecule has 0 saturated carbocycles. The highest BCUT2D eigenvalue weighted by Crippen LogP contribution is 2.38. The molecule has 2 aliphatic heterocycles. The summed E-state index contributed by atoms with van der Waals surface area (Å²) in [5.74, 6) is -2.44. The van der Waals surface area contributed by atoms with Crippen molar-refractivity contribution in [3.63, 3.8) is 0 Å². The SMILES string of the molecule is CCC(NC(C)N1C(=O)c2cccc3cc(C(F)(F)F)cc(c23)C1=O)N(C)C(C)N1C(=O)c2cccc3c(-n4ccnc4)ccc(c23)C1=O. The van der Waals surface area contributed by atoms with Crippen LogP contribution in [-0.4, -0.2) is 73.4 Å². The molecule has 4 amide bonds. The summed E-state index contributed by atoms with van der Waals surface area (Å²) in [5, 5.41) is 4.86. The van der Waals surface area contributed by atoms with Gasteiger partial charge in [0.05, 0.1) is 36.1 Å². The van der Waals surface area contributed by atoms with Crippen molar-refractivity contribution in [3.8, 4) is 5.69 Å². The molecule has 0 spiro atoms. The number of carbonyl (C=O) groups excluding carboxylic acids is 4. The van der Waals surface area contributed by atoms with Gasteiger partial charge in [0.15, 0.2) is 0 Å². The van der Waals surface area contributed by atoms with Gasteiger partial charge in [-0.2, -0.15) is 13.2 Å². The maximum absolute atomic E-state index is 14.0. The second-order valence-corrected chi connectivity index (χ2v) is 12.3. The van der Waals surface area contributed by atoms with E-state index in [9.17, 15) is 32.3 Å². The van der Waals surface area contributed by atoms with E-state index in [0.717, 1.165) is 28.1 Å². The molecule has 1 N–H and O–H groups in total. The summed E-state index contributed by atoms with van der Waals surface area (Å²) in [6.45, 7) is 5.14. The first-order valence-electron chi connectivity index (χ1n) is 15.7. The summed E-state index contributed by atoms with van der Waals surface area (Å²) >= 11 is 0. The molecule has 0 radical (unpaired) electrons. The first kappa shape index (κ1) is 32.2. The molecule has 2 aliphatic rings. The van der Waals surface area contributed by atoms with Gasteiger partial charge in [-0.1, -0.05) is 31.2 Å². The number of halogens is 3. The zero-order valence-corrected chi connectivity index (χ0v) is 26.9. The van der Waals surface area contributed by atoms with Crippen LogP contribution in [0.15, 0.2) is 79.4 Å². The molecule has 0 aliphatic carbocycles. The Balaban J connectivity index is 1.16. The third-order valence-electron chi connectivity index (χ3n) is 9.56. The largest absolute Gasteiger partial charge is 0.416 e. The van der Waals surface area contributed by atoms with Crippen molar-refractivity contribution >= 4 is 45.2 Å². The van der Waals surface area contributed by atoms with E-state index in [1.54, 1.807) is 62.7 Å². The van der Waals surface area contributed by atoms with Gasteiger partial charge < -0.3 is 4.57 Å². The minimum Gasteiger partial charge on any atom is -0.306 e. The van der Waals surface area contributed by atoms with Crippen molar-refractivity contribution in [2.24, 2.45) is 0 Å². The Labute approximate surface area is 278 Å². The fourth-order valence-corrected chi connectivity index (χ4v) is 7.03. The molecule has 0 saturated heterocycles. The molecule has 5 aromatic rings. The molecular formula is C36H31F3N6O4. The molecular weight excluding hydrogens is 637 g/mol. The minimum atomic E-state index is -4.69. The van der Waals surface area contributed by atoms with Crippen LogP contribution in [0.4, 0.5) is 13.2 Å². The van der Waals surface area contributed by atoms with E-state index in [-0.39, 0.29) is 21.9 Å². The Morgan fingerprint density at radius 1 is 0.816 bits per heavy atom. The van der Waals surface area contributed by atoms with E-state index in [4.69, 9.17) is 0 Å². The number of imidazole rings is 1. The van der Waals surface area contributed by atoms with E-state index in [1.807, 2.05) is 23.6 Å². The molecule has 10 nitrogen and oxygen atoms in total. The maximum atomic E-state index is 14.0. The number of rotatable bonds is 8. The fourth-order valence-electron chi connectivity index (χ4n) is 7.03. The van der Waals surface area contributed by atoms with Gasteiger partial charge in [-0.15, -0.1) is 0 Å². The van der Waals surface area contributed by atoms with Crippen LogP contribution in [0, 0.1) is 0 Å². The van der Waals surface area contributed by atoms with Crippen LogP contribution in [0.2, 0.25) is 0 Å². The molecule has 250 valence electrons. The van der Waals surface area contributed by atoms with Crippen molar-refractivity contribution in [2.75, 3.05) is 7.05 Å². The highest BCUT2D eigenvalue weighted by molar-refractivity contribution is 6.27. The molecule has 49 heavy (non-hydrogen) atoms. The molecule has 3 heterocycles. The molecule has 4 aromatic carbocycles. The van der Waals surface area contributed by atoms with Gasteiger partial charge in [0.1, 0.15) is 0 Å². The van der Waals surface area contributed by atoms with E-state index >= 15 is 0 Å². The van der Waals surface area contributed by atoms with E-state index in [2.05, 4.69) is 10.3 Å². The lowest BCUT2D eigenvalue weighted by molar-refractivity contribution is -0.137. The quantitative estimate of drug-likeness (QED) is 0.159. The number of hydrogen-bond donors (Lipinski definition) is 1. The average molecular weight is 669 g/mol. The van der Waals surface area contributed by atoms with Gasteiger partial charge in [0.25, 0.3) is 23.6 Å². The van der Waals surface area contributed by atoms with Crippen LogP contribution in [0.3, 0.4) is 0 Å². The van der Waals surface area contributed by atoms with Crippen LogP contribution < -0.4 is 5.32 Å². The first-order chi connectivity index (χ1) is 23.3. The van der Waals surface area contributed by atoms with Crippen LogP contribution in [0.1, 0.15) is 74.2 Å². The zero-order valence-electron chi connectivity index (χ0n) is 26.9. The first-order valence-corrected chi connectivity index (χ1v) is 15.7. The molecule has 0 bridgehead atoms. The number of amides is 4.